The van der Waals surface area contributed by atoms with Gasteiger partial charge in [0.15, 0.2) is 0 Å². The SMILES string of the molecule is CC1(CO)Cc2c(ccc3c2C(O)OC3=O)O1. The number of aliphatic hydroxyl groups is 2. The summed E-state index contributed by atoms with van der Waals surface area (Å²) in [5.41, 5.74) is 0.909. The van der Waals surface area contributed by atoms with Crippen LogP contribution in [-0.2, 0) is 11.2 Å². The number of ether oxygens (including phenoxy) is 2. The summed E-state index contributed by atoms with van der Waals surface area (Å²) in [5.74, 6) is 0.0746. The van der Waals surface area contributed by atoms with Gasteiger partial charge in [0.05, 0.1) is 12.2 Å². The molecule has 5 nitrogen and oxygen atoms in total. The lowest BCUT2D eigenvalue weighted by atomic mass is 9.94. The fourth-order valence-corrected chi connectivity index (χ4v) is 2.37. The molecule has 0 saturated heterocycles. The van der Waals surface area contributed by atoms with E-state index in [0.717, 1.165) is 5.56 Å². The Morgan fingerprint density at radius 3 is 3.00 bits per heavy atom. The van der Waals surface area contributed by atoms with Gasteiger partial charge in [-0.1, -0.05) is 0 Å². The van der Waals surface area contributed by atoms with Gasteiger partial charge in [-0.2, -0.15) is 0 Å². The lowest BCUT2D eigenvalue weighted by molar-refractivity contribution is -0.0551. The molecule has 1 aromatic rings. The zero-order valence-corrected chi connectivity index (χ0v) is 9.27. The van der Waals surface area contributed by atoms with Crippen molar-refractivity contribution < 1.29 is 24.5 Å². The summed E-state index contributed by atoms with van der Waals surface area (Å²) in [6.45, 7) is 1.66. The number of hydrogen-bond donors (Lipinski definition) is 2. The van der Waals surface area contributed by atoms with Crippen LogP contribution in [0.5, 0.6) is 5.75 Å². The van der Waals surface area contributed by atoms with E-state index < -0.39 is 17.9 Å². The average molecular weight is 236 g/mol. The molecule has 0 fully saturated rings. The van der Waals surface area contributed by atoms with Gasteiger partial charge in [-0.3, -0.25) is 0 Å². The molecule has 2 aliphatic rings. The second-order valence-electron chi connectivity index (χ2n) is 4.65. The number of cyclic esters (lactones) is 1. The molecule has 0 amide bonds. The number of esters is 1. The largest absolute Gasteiger partial charge is 0.485 e. The molecule has 2 aliphatic heterocycles. The van der Waals surface area contributed by atoms with E-state index in [4.69, 9.17) is 9.47 Å². The minimum Gasteiger partial charge on any atom is -0.485 e. The fourth-order valence-electron chi connectivity index (χ4n) is 2.37. The summed E-state index contributed by atoms with van der Waals surface area (Å²) in [7, 11) is 0. The Labute approximate surface area is 97.6 Å². The standard InChI is InChI=1S/C12H12O5/c1-12(5-13)4-7-8(17-12)3-2-6-9(7)11(15)16-10(6)14/h2-3,11,13,15H,4-5H2,1H3. The first-order chi connectivity index (χ1) is 8.04. The third kappa shape index (κ3) is 1.36. The Morgan fingerprint density at radius 2 is 2.29 bits per heavy atom. The molecule has 90 valence electrons. The highest BCUT2D eigenvalue weighted by molar-refractivity contribution is 5.94. The third-order valence-corrected chi connectivity index (χ3v) is 3.24. The van der Waals surface area contributed by atoms with E-state index in [1.807, 2.05) is 0 Å². The van der Waals surface area contributed by atoms with Crippen LogP contribution in [0, 0.1) is 0 Å². The van der Waals surface area contributed by atoms with Gasteiger partial charge in [0.25, 0.3) is 0 Å². The van der Waals surface area contributed by atoms with Crippen LogP contribution in [0.3, 0.4) is 0 Å². The van der Waals surface area contributed by atoms with Gasteiger partial charge in [-0.15, -0.1) is 0 Å². The zero-order valence-electron chi connectivity index (χ0n) is 9.27. The Balaban J connectivity index is 2.14. The maximum atomic E-state index is 11.4. The zero-order chi connectivity index (χ0) is 12.2. The van der Waals surface area contributed by atoms with E-state index in [2.05, 4.69) is 0 Å². The lowest BCUT2D eigenvalue weighted by Crippen LogP contribution is -2.34. The second-order valence-corrected chi connectivity index (χ2v) is 4.65. The Hall–Kier alpha value is -1.59. The van der Waals surface area contributed by atoms with Gasteiger partial charge in [0, 0.05) is 17.5 Å². The normalized spacial score (nSPS) is 29.6. The molecular formula is C12H12O5. The van der Waals surface area contributed by atoms with Crippen molar-refractivity contribution in [2.45, 2.75) is 25.2 Å². The molecule has 2 heterocycles. The number of benzene rings is 1. The first kappa shape index (κ1) is 10.6. The van der Waals surface area contributed by atoms with Crippen LogP contribution in [0.1, 0.15) is 34.7 Å². The number of fused-ring (bicyclic) bond motifs is 3. The number of carbonyl (C=O) groups is 1. The maximum Gasteiger partial charge on any atom is 0.341 e. The van der Waals surface area contributed by atoms with Crippen molar-refractivity contribution in [1.82, 2.24) is 0 Å². The summed E-state index contributed by atoms with van der Waals surface area (Å²) in [5, 5.41) is 19.0. The molecule has 17 heavy (non-hydrogen) atoms. The van der Waals surface area contributed by atoms with Crippen LogP contribution in [0.25, 0.3) is 0 Å². The van der Waals surface area contributed by atoms with Crippen molar-refractivity contribution in [3.8, 4) is 5.75 Å². The third-order valence-electron chi connectivity index (χ3n) is 3.24. The first-order valence-electron chi connectivity index (χ1n) is 5.39. The van der Waals surface area contributed by atoms with Crippen LogP contribution in [0.15, 0.2) is 12.1 Å². The predicted molar refractivity (Wildman–Crippen MR) is 56.6 cm³/mol. The van der Waals surface area contributed by atoms with Crippen molar-refractivity contribution in [2.24, 2.45) is 0 Å². The topological polar surface area (TPSA) is 76.0 Å². The van der Waals surface area contributed by atoms with Crippen LogP contribution in [-0.4, -0.2) is 28.4 Å². The fraction of sp³-hybridized carbons (Fsp3) is 0.417. The highest BCUT2D eigenvalue weighted by Crippen LogP contribution is 2.43. The molecule has 0 bridgehead atoms. The van der Waals surface area contributed by atoms with E-state index >= 15 is 0 Å². The summed E-state index contributed by atoms with van der Waals surface area (Å²) < 4.78 is 10.4. The number of carbonyl (C=O) groups excluding carboxylic acids is 1. The number of aliphatic hydroxyl groups excluding tert-OH is 2. The van der Waals surface area contributed by atoms with Crippen LogP contribution < -0.4 is 4.74 Å². The molecule has 0 aliphatic carbocycles. The molecule has 0 saturated carbocycles. The van der Waals surface area contributed by atoms with E-state index in [1.54, 1.807) is 19.1 Å². The molecule has 0 radical (unpaired) electrons. The first-order valence-corrected chi connectivity index (χ1v) is 5.39. The molecule has 5 heteroatoms. The molecule has 2 unspecified atom stereocenters. The minimum absolute atomic E-state index is 0.124. The highest BCUT2D eigenvalue weighted by atomic mass is 16.6. The predicted octanol–water partition coefficient (Wildman–Crippen LogP) is 0.534. The highest BCUT2D eigenvalue weighted by Gasteiger charge is 2.41. The van der Waals surface area contributed by atoms with Crippen LogP contribution >= 0.6 is 0 Å². The molecule has 3 rings (SSSR count). The molecular weight excluding hydrogens is 224 g/mol. The van der Waals surface area contributed by atoms with Gasteiger partial charge < -0.3 is 19.7 Å². The molecule has 0 spiro atoms. The Morgan fingerprint density at radius 1 is 1.53 bits per heavy atom. The van der Waals surface area contributed by atoms with Gasteiger partial charge in [0.1, 0.15) is 11.4 Å². The van der Waals surface area contributed by atoms with Crippen LogP contribution in [0.4, 0.5) is 0 Å². The minimum atomic E-state index is -1.22. The van der Waals surface area contributed by atoms with E-state index in [0.29, 0.717) is 23.3 Å². The second kappa shape index (κ2) is 3.21. The Kier molecular flexibility index (Phi) is 1.99. The van der Waals surface area contributed by atoms with E-state index in [9.17, 15) is 15.0 Å². The summed E-state index contributed by atoms with van der Waals surface area (Å²) in [4.78, 5) is 11.4. The van der Waals surface area contributed by atoms with Crippen molar-refractivity contribution in [3.63, 3.8) is 0 Å². The van der Waals surface area contributed by atoms with Crippen molar-refractivity contribution in [3.05, 3.63) is 28.8 Å². The maximum absolute atomic E-state index is 11.4. The van der Waals surface area contributed by atoms with Gasteiger partial charge in [-0.25, -0.2) is 4.79 Å². The smallest absolute Gasteiger partial charge is 0.341 e. The molecule has 2 atom stereocenters. The number of hydrogen-bond acceptors (Lipinski definition) is 5. The summed E-state index contributed by atoms with van der Waals surface area (Å²) >= 11 is 0. The molecule has 1 aromatic carbocycles. The Bertz CT molecular complexity index is 510. The van der Waals surface area contributed by atoms with Crippen molar-refractivity contribution >= 4 is 5.97 Å². The quantitative estimate of drug-likeness (QED) is 0.696. The van der Waals surface area contributed by atoms with Crippen molar-refractivity contribution in [2.75, 3.05) is 6.61 Å². The molecule has 2 N–H and O–H groups in total. The van der Waals surface area contributed by atoms with Gasteiger partial charge >= 0.3 is 5.97 Å². The summed E-state index contributed by atoms with van der Waals surface area (Å²) in [6, 6.07) is 3.25. The number of rotatable bonds is 1. The van der Waals surface area contributed by atoms with Gasteiger partial charge in [-0.05, 0) is 19.1 Å². The van der Waals surface area contributed by atoms with E-state index in [1.165, 1.54) is 0 Å². The monoisotopic (exact) mass is 236 g/mol. The van der Waals surface area contributed by atoms with Gasteiger partial charge in [0.2, 0.25) is 6.29 Å². The average Bonchev–Trinajstić information content (AvgIpc) is 2.77. The van der Waals surface area contributed by atoms with E-state index in [-0.39, 0.29) is 6.61 Å². The molecule has 0 aromatic heterocycles. The van der Waals surface area contributed by atoms with Crippen LogP contribution in [0.2, 0.25) is 0 Å². The lowest BCUT2D eigenvalue weighted by Gasteiger charge is -2.20. The van der Waals surface area contributed by atoms with Crippen molar-refractivity contribution in [1.29, 1.82) is 0 Å². The summed E-state index contributed by atoms with van der Waals surface area (Å²) in [6.07, 6.45) is -0.771.